The zero-order valence-electron chi connectivity index (χ0n) is 25.3. The lowest BCUT2D eigenvalue weighted by Gasteiger charge is -2.49. The molecule has 274 valence electrons. The van der Waals surface area contributed by atoms with Crippen LogP contribution in [0.1, 0.15) is 13.8 Å². The molecule has 47 heavy (non-hydrogen) atoms. The summed E-state index contributed by atoms with van der Waals surface area (Å²) in [7, 11) is 0. The van der Waals surface area contributed by atoms with Crippen LogP contribution in [0.15, 0.2) is 0 Å². The van der Waals surface area contributed by atoms with Crippen LogP contribution in [0, 0.1) is 0 Å². The molecule has 4 rings (SSSR count). The molecule has 0 aromatic heterocycles. The van der Waals surface area contributed by atoms with Crippen molar-refractivity contribution in [3.8, 4) is 0 Å². The number of hydrogen-bond acceptors (Lipinski definition) is 20. The maximum absolute atomic E-state index is 12.1. The van der Waals surface area contributed by atoms with Gasteiger partial charge in [-0.25, -0.2) is 0 Å². The Hall–Kier alpha value is -1.29. The number of amides is 1. The minimum absolute atomic E-state index is 0.726. The van der Waals surface area contributed by atoms with E-state index in [9.17, 15) is 66.1 Å². The van der Waals surface area contributed by atoms with Crippen molar-refractivity contribution < 1.29 is 99.2 Å². The van der Waals surface area contributed by atoms with Crippen molar-refractivity contribution in [2.24, 2.45) is 0 Å². The minimum atomic E-state index is -2.01. The monoisotopic (exact) mass is 691 g/mol. The Kier molecular flexibility index (Phi) is 13.2. The molecule has 0 radical (unpaired) electrons. The molecule has 1 amide bonds. The Morgan fingerprint density at radius 1 is 0.553 bits per heavy atom. The van der Waals surface area contributed by atoms with Gasteiger partial charge in [-0.3, -0.25) is 4.79 Å². The highest BCUT2D eigenvalue weighted by Crippen LogP contribution is 2.34. The first-order chi connectivity index (χ1) is 22.1. The molecule has 1 unspecified atom stereocenters. The smallest absolute Gasteiger partial charge is 0.217 e. The second-order valence-corrected chi connectivity index (χ2v) is 11.9. The lowest BCUT2D eigenvalue weighted by molar-refractivity contribution is -0.379. The second-order valence-electron chi connectivity index (χ2n) is 11.9. The number of carbonyl (C=O) groups excluding carboxylic acids is 1. The number of aliphatic hydroxyl groups is 12. The fraction of sp³-hybridized carbons (Fsp3) is 0.962. The molecule has 0 bridgehead atoms. The average molecular weight is 692 g/mol. The fourth-order valence-electron chi connectivity index (χ4n) is 5.88. The van der Waals surface area contributed by atoms with Crippen LogP contribution in [0.4, 0.5) is 0 Å². The van der Waals surface area contributed by atoms with Gasteiger partial charge in [0.15, 0.2) is 25.2 Å². The molecule has 4 aliphatic rings. The molecule has 0 aliphatic carbocycles. The van der Waals surface area contributed by atoms with E-state index in [-0.39, 0.29) is 0 Å². The summed E-state index contributed by atoms with van der Waals surface area (Å²) in [6, 6.07) is -1.57. The molecular formula is C26H45NO20. The largest absolute Gasteiger partial charge is 0.394 e. The molecule has 21 heteroatoms. The van der Waals surface area contributed by atoms with Gasteiger partial charge >= 0.3 is 0 Å². The van der Waals surface area contributed by atoms with Crippen molar-refractivity contribution in [1.82, 2.24) is 5.32 Å². The normalized spacial score (nSPS) is 51.0. The van der Waals surface area contributed by atoms with Crippen molar-refractivity contribution in [3.63, 3.8) is 0 Å². The van der Waals surface area contributed by atoms with Gasteiger partial charge in [0.2, 0.25) is 5.91 Å². The quantitative estimate of drug-likeness (QED) is 0.101. The summed E-state index contributed by atoms with van der Waals surface area (Å²) in [5.74, 6) is -0.726. The Balaban J connectivity index is 1.56. The summed E-state index contributed by atoms with van der Waals surface area (Å²) < 4.78 is 38.5. The van der Waals surface area contributed by atoms with Crippen LogP contribution in [0.2, 0.25) is 0 Å². The van der Waals surface area contributed by atoms with Crippen molar-refractivity contribution >= 4 is 5.91 Å². The van der Waals surface area contributed by atoms with Crippen LogP contribution >= 0.6 is 0 Å². The molecule has 4 heterocycles. The van der Waals surface area contributed by atoms with Crippen molar-refractivity contribution in [3.05, 3.63) is 0 Å². The van der Waals surface area contributed by atoms with Crippen molar-refractivity contribution in [1.29, 1.82) is 0 Å². The lowest BCUT2D eigenvalue weighted by Crippen LogP contribution is -2.69. The molecule has 20 atom stereocenters. The number of carbonyl (C=O) groups is 1. The molecule has 13 N–H and O–H groups in total. The van der Waals surface area contributed by atoms with Gasteiger partial charge in [-0.15, -0.1) is 0 Å². The van der Waals surface area contributed by atoms with Crippen molar-refractivity contribution in [2.45, 2.75) is 137 Å². The zero-order valence-corrected chi connectivity index (χ0v) is 25.3. The summed E-state index contributed by atoms with van der Waals surface area (Å²) in [6.07, 6.45) is -32.1. The maximum atomic E-state index is 12.1. The number of aliphatic hydroxyl groups excluding tert-OH is 12. The third kappa shape index (κ3) is 8.04. The first-order valence-corrected chi connectivity index (χ1v) is 15.0. The summed E-state index contributed by atoms with van der Waals surface area (Å²) in [4.78, 5) is 12.1. The molecular weight excluding hydrogens is 646 g/mol. The molecule has 4 fully saturated rings. The van der Waals surface area contributed by atoms with E-state index in [0.717, 1.165) is 6.92 Å². The topological polar surface area (TPSA) is 336 Å². The number of nitrogens with one attached hydrogen (secondary N) is 1. The molecule has 0 aromatic rings. The summed E-state index contributed by atoms with van der Waals surface area (Å²) in [5.41, 5.74) is 0. The van der Waals surface area contributed by atoms with Crippen LogP contribution in [-0.2, 0) is 38.0 Å². The summed E-state index contributed by atoms with van der Waals surface area (Å²) in [5, 5.41) is 127. The lowest BCUT2D eigenvalue weighted by atomic mass is 9.94. The highest BCUT2D eigenvalue weighted by atomic mass is 16.8. The molecule has 4 aliphatic heterocycles. The fourth-order valence-corrected chi connectivity index (χ4v) is 5.88. The van der Waals surface area contributed by atoms with Crippen LogP contribution in [0.3, 0.4) is 0 Å². The van der Waals surface area contributed by atoms with Gasteiger partial charge in [0.25, 0.3) is 0 Å². The predicted octanol–water partition coefficient (Wildman–Crippen LogP) is -8.58. The third-order valence-corrected chi connectivity index (χ3v) is 8.57. The Labute approximate surface area is 267 Å². The number of ether oxygens (including phenoxy) is 7. The standard InChI is InChI=1S/C26H45NO20/c1-6-12(32)16(36)17(37)25(41-6)45-20-10(5-30)44-24(11(15(20)35)27-7(2)31)46-22-14(34)9(4-29)43-26(19(22)39)47-21-13(33)8(3-28)42-23(40)18(21)38/h6,8-26,28-30,32-40H,3-5H2,1-2H3,(H,27,31)/t6-,8+,9+,10+,11+,12+,13-,14-,15+,16+,17-,18+,19+,20+,21-,22-,23?,24-,25-,26-/m0/s1. The van der Waals surface area contributed by atoms with E-state index in [1.165, 1.54) is 6.92 Å². The van der Waals surface area contributed by atoms with Crippen molar-refractivity contribution in [2.75, 3.05) is 19.8 Å². The van der Waals surface area contributed by atoms with Gasteiger partial charge in [0.05, 0.1) is 25.9 Å². The van der Waals surface area contributed by atoms with Crippen LogP contribution < -0.4 is 5.32 Å². The minimum Gasteiger partial charge on any atom is -0.394 e. The van der Waals surface area contributed by atoms with E-state index in [2.05, 4.69) is 5.32 Å². The van der Waals surface area contributed by atoms with E-state index in [4.69, 9.17) is 33.2 Å². The summed E-state index contributed by atoms with van der Waals surface area (Å²) >= 11 is 0. The van der Waals surface area contributed by atoms with Gasteiger partial charge in [-0.1, -0.05) is 0 Å². The Bertz CT molecular complexity index is 1010. The number of hydrogen-bond donors (Lipinski definition) is 13. The van der Waals surface area contributed by atoms with E-state index in [1.54, 1.807) is 0 Å². The Morgan fingerprint density at radius 3 is 1.62 bits per heavy atom. The van der Waals surface area contributed by atoms with Gasteiger partial charge < -0.3 is 99.8 Å². The van der Waals surface area contributed by atoms with Crippen LogP contribution in [0.25, 0.3) is 0 Å². The number of rotatable bonds is 10. The van der Waals surface area contributed by atoms with Gasteiger partial charge in [0, 0.05) is 6.92 Å². The highest BCUT2D eigenvalue weighted by molar-refractivity contribution is 5.73. The summed E-state index contributed by atoms with van der Waals surface area (Å²) in [6.45, 7) is -0.0769. The van der Waals surface area contributed by atoms with E-state index in [1.807, 2.05) is 0 Å². The highest BCUT2D eigenvalue weighted by Gasteiger charge is 2.55. The van der Waals surface area contributed by atoms with Crippen LogP contribution in [-0.4, -0.2) is 210 Å². The second kappa shape index (κ2) is 16.2. The Morgan fingerprint density at radius 2 is 1.04 bits per heavy atom. The first-order valence-electron chi connectivity index (χ1n) is 15.0. The SMILES string of the molecule is CC(=O)N[C@H]1[C@H](O[C@H]2[C@@H](O)[C@@H](CO)O[C@@H](O[C@H]3[C@@H](O)[C@@H](CO)OC(O)[C@@H]3O)[C@@H]2O)O[C@H](CO)[C@@H](O[C@@H]2O[C@@H](C)[C@@H](O)[C@@H](O)[C@@H]2O)[C@@H]1O. The van der Waals surface area contributed by atoms with Gasteiger partial charge in [-0.05, 0) is 6.92 Å². The van der Waals surface area contributed by atoms with Crippen LogP contribution in [0.5, 0.6) is 0 Å². The zero-order chi connectivity index (χ0) is 34.9. The maximum Gasteiger partial charge on any atom is 0.217 e. The van der Waals surface area contributed by atoms with Gasteiger partial charge in [0.1, 0.15) is 91.5 Å². The third-order valence-electron chi connectivity index (χ3n) is 8.57. The predicted molar refractivity (Wildman–Crippen MR) is 144 cm³/mol. The molecule has 21 nitrogen and oxygen atoms in total. The molecule has 0 spiro atoms. The first kappa shape index (κ1) is 38.5. The van der Waals surface area contributed by atoms with Gasteiger partial charge in [-0.2, -0.15) is 0 Å². The average Bonchev–Trinajstić information content (AvgIpc) is 3.03. The molecule has 4 saturated heterocycles. The van der Waals surface area contributed by atoms with E-state index < -0.39 is 148 Å². The molecule has 0 saturated carbocycles. The molecule has 0 aromatic carbocycles. The van der Waals surface area contributed by atoms with E-state index in [0.29, 0.717) is 0 Å². The van der Waals surface area contributed by atoms with E-state index >= 15 is 0 Å².